The zero-order valence-electron chi connectivity index (χ0n) is 11.2. The van der Waals surface area contributed by atoms with Crippen LogP contribution in [-0.4, -0.2) is 27.8 Å². The molecule has 1 saturated carbocycles. The van der Waals surface area contributed by atoms with Crippen molar-refractivity contribution < 1.29 is 4.21 Å². The monoisotopic (exact) mass is 245 g/mol. The van der Waals surface area contributed by atoms with Crippen molar-refractivity contribution in [1.82, 2.24) is 5.32 Å². The van der Waals surface area contributed by atoms with E-state index in [2.05, 4.69) is 26.1 Å². The molecule has 5 unspecified atom stereocenters. The first kappa shape index (κ1) is 14.2. The summed E-state index contributed by atoms with van der Waals surface area (Å²) in [7, 11) is 1.31. The summed E-state index contributed by atoms with van der Waals surface area (Å²) in [4.78, 5) is 0. The fourth-order valence-electron chi connectivity index (χ4n) is 2.83. The first-order valence-electron chi connectivity index (χ1n) is 6.66. The number of hydrogen-bond acceptors (Lipinski definition) is 2. The molecular weight excluding hydrogens is 218 g/mol. The molecule has 1 rings (SSSR count). The minimum absolute atomic E-state index is 0.283. The van der Waals surface area contributed by atoms with Gasteiger partial charge >= 0.3 is 0 Å². The largest absolute Gasteiger partial charge is 0.316 e. The highest BCUT2D eigenvalue weighted by Gasteiger charge is 2.29. The van der Waals surface area contributed by atoms with Crippen molar-refractivity contribution in [3.63, 3.8) is 0 Å². The number of rotatable bonds is 5. The van der Waals surface area contributed by atoms with Gasteiger partial charge in [0, 0.05) is 27.3 Å². The highest BCUT2D eigenvalue weighted by atomic mass is 32.2. The second-order valence-corrected chi connectivity index (χ2v) is 7.30. The molecule has 1 aliphatic rings. The molecule has 16 heavy (non-hydrogen) atoms. The van der Waals surface area contributed by atoms with Gasteiger partial charge in [0.2, 0.25) is 0 Å². The molecule has 3 heteroatoms. The Balaban J connectivity index is 2.55. The second-order valence-electron chi connectivity index (χ2n) is 5.23. The molecule has 0 heterocycles. The zero-order chi connectivity index (χ0) is 12.1. The summed E-state index contributed by atoms with van der Waals surface area (Å²) >= 11 is 0. The summed E-state index contributed by atoms with van der Waals surface area (Å²) in [5, 5.41) is 4.02. The third-order valence-electron chi connectivity index (χ3n) is 3.96. The maximum Gasteiger partial charge on any atom is 0.0475 e. The molecule has 0 aliphatic heterocycles. The van der Waals surface area contributed by atoms with Gasteiger partial charge in [0.25, 0.3) is 0 Å². The Kier molecular flexibility index (Phi) is 5.98. The SMILES string of the molecule is CCC(NC)C(C)S(=O)C1CCCC(C)C1. The van der Waals surface area contributed by atoms with Gasteiger partial charge in [-0.1, -0.05) is 26.7 Å². The molecule has 0 bridgehead atoms. The lowest BCUT2D eigenvalue weighted by Crippen LogP contribution is -2.41. The fraction of sp³-hybridized carbons (Fsp3) is 1.00. The Morgan fingerprint density at radius 2 is 2.12 bits per heavy atom. The van der Waals surface area contributed by atoms with Crippen LogP contribution in [0, 0.1) is 5.92 Å². The zero-order valence-corrected chi connectivity index (χ0v) is 12.0. The maximum absolute atomic E-state index is 12.5. The Labute approximate surface area is 103 Å². The Hall–Kier alpha value is 0.110. The van der Waals surface area contributed by atoms with Crippen LogP contribution in [0.1, 0.15) is 52.9 Å². The van der Waals surface area contributed by atoms with Crippen molar-refractivity contribution in [2.24, 2.45) is 5.92 Å². The lowest BCUT2D eigenvalue weighted by atomic mass is 9.90. The van der Waals surface area contributed by atoms with Gasteiger partial charge in [-0.3, -0.25) is 4.21 Å². The molecule has 1 aliphatic carbocycles. The third-order valence-corrected chi connectivity index (χ3v) is 6.11. The molecule has 0 amide bonds. The second kappa shape index (κ2) is 6.75. The summed E-state index contributed by atoms with van der Waals surface area (Å²) in [6.45, 7) is 6.60. The van der Waals surface area contributed by atoms with Gasteiger partial charge in [0.15, 0.2) is 0 Å². The first-order valence-corrected chi connectivity index (χ1v) is 7.94. The minimum atomic E-state index is -0.664. The molecule has 5 atom stereocenters. The van der Waals surface area contributed by atoms with Crippen molar-refractivity contribution in [3.05, 3.63) is 0 Å². The predicted octanol–water partition coefficient (Wildman–Crippen LogP) is 2.70. The predicted molar refractivity (Wildman–Crippen MR) is 72.2 cm³/mol. The smallest absolute Gasteiger partial charge is 0.0475 e. The van der Waals surface area contributed by atoms with Gasteiger partial charge in [-0.2, -0.15) is 0 Å². The van der Waals surface area contributed by atoms with Gasteiger partial charge < -0.3 is 5.32 Å². The van der Waals surface area contributed by atoms with Crippen LogP contribution in [0.25, 0.3) is 0 Å². The summed E-state index contributed by atoms with van der Waals surface area (Å²) in [6.07, 6.45) is 5.98. The van der Waals surface area contributed by atoms with Crippen LogP contribution in [0.4, 0.5) is 0 Å². The Morgan fingerprint density at radius 1 is 1.44 bits per heavy atom. The average Bonchev–Trinajstić information content (AvgIpc) is 2.29. The van der Waals surface area contributed by atoms with Crippen molar-refractivity contribution in [1.29, 1.82) is 0 Å². The lowest BCUT2D eigenvalue weighted by Gasteiger charge is -2.31. The van der Waals surface area contributed by atoms with Crippen LogP contribution in [-0.2, 0) is 10.8 Å². The van der Waals surface area contributed by atoms with Gasteiger partial charge in [-0.25, -0.2) is 0 Å². The molecule has 96 valence electrons. The standard InChI is InChI=1S/C13H27NOS/c1-5-13(14-4)11(3)16(15)12-8-6-7-10(2)9-12/h10-14H,5-9H2,1-4H3. The van der Waals surface area contributed by atoms with Crippen molar-refractivity contribution in [2.45, 2.75) is 69.4 Å². The van der Waals surface area contributed by atoms with Crippen LogP contribution >= 0.6 is 0 Å². The molecule has 1 N–H and O–H groups in total. The molecule has 0 aromatic heterocycles. The Morgan fingerprint density at radius 3 is 2.62 bits per heavy atom. The lowest BCUT2D eigenvalue weighted by molar-refractivity contribution is 0.386. The van der Waals surface area contributed by atoms with E-state index >= 15 is 0 Å². The van der Waals surface area contributed by atoms with Crippen molar-refractivity contribution >= 4 is 10.8 Å². The Bertz CT molecular complexity index is 224. The normalized spacial score (nSPS) is 32.0. The average molecular weight is 245 g/mol. The topological polar surface area (TPSA) is 29.1 Å². The maximum atomic E-state index is 12.5. The van der Waals surface area contributed by atoms with E-state index in [-0.39, 0.29) is 5.25 Å². The van der Waals surface area contributed by atoms with E-state index in [9.17, 15) is 4.21 Å². The van der Waals surface area contributed by atoms with Gasteiger partial charge in [-0.15, -0.1) is 0 Å². The van der Waals surface area contributed by atoms with E-state index < -0.39 is 10.8 Å². The van der Waals surface area contributed by atoms with Crippen LogP contribution < -0.4 is 5.32 Å². The summed E-state index contributed by atoms with van der Waals surface area (Å²) < 4.78 is 12.5. The summed E-state index contributed by atoms with van der Waals surface area (Å²) in [6, 6.07) is 0.401. The summed E-state index contributed by atoms with van der Waals surface area (Å²) in [5.74, 6) is 0.768. The van der Waals surface area contributed by atoms with Crippen LogP contribution in [0.2, 0.25) is 0 Å². The van der Waals surface area contributed by atoms with Crippen LogP contribution in [0.15, 0.2) is 0 Å². The fourth-order valence-corrected chi connectivity index (χ4v) is 5.00. The molecule has 0 spiro atoms. The van der Waals surface area contributed by atoms with Crippen molar-refractivity contribution in [2.75, 3.05) is 7.05 Å². The van der Waals surface area contributed by atoms with Crippen LogP contribution in [0.5, 0.6) is 0 Å². The van der Waals surface area contributed by atoms with Crippen LogP contribution in [0.3, 0.4) is 0 Å². The first-order chi connectivity index (χ1) is 7.60. The van der Waals surface area contributed by atoms with Crippen molar-refractivity contribution in [3.8, 4) is 0 Å². The third kappa shape index (κ3) is 3.56. The summed E-state index contributed by atoms with van der Waals surface area (Å²) in [5.41, 5.74) is 0. The van der Waals surface area contributed by atoms with E-state index in [1.54, 1.807) is 0 Å². The number of hydrogen-bond donors (Lipinski definition) is 1. The van der Waals surface area contributed by atoms with E-state index in [1.807, 2.05) is 7.05 Å². The number of nitrogens with one attached hydrogen (secondary N) is 1. The molecule has 2 nitrogen and oxygen atoms in total. The quantitative estimate of drug-likeness (QED) is 0.807. The highest BCUT2D eigenvalue weighted by Crippen LogP contribution is 2.29. The minimum Gasteiger partial charge on any atom is -0.316 e. The van der Waals surface area contributed by atoms with Gasteiger partial charge in [0.1, 0.15) is 0 Å². The van der Waals surface area contributed by atoms with Gasteiger partial charge in [0.05, 0.1) is 0 Å². The van der Waals surface area contributed by atoms with E-state index in [0.29, 0.717) is 11.3 Å². The molecule has 0 aromatic rings. The van der Waals surface area contributed by atoms with E-state index in [1.165, 1.54) is 19.3 Å². The molecule has 0 aromatic carbocycles. The van der Waals surface area contributed by atoms with Gasteiger partial charge in [-0.05, 0) is 39.2 Å². The highest BCUT2D eigenvalue weighted by molar-refractivity contribution is 7.86. The molecule has 0 saturated heterocycles. The van der Waals surface area contributed by atoms with E-state index in [4.69, 9.17) is 0 Å². The molecule has 0 radical (unpaired) electrons. The molecular formula is C13H27NOS. The van der Waals surface area contributed by atoms with E-state index in [0.717, 1.165) is 18.8 Å². The molecule has 1 fully saturated rings.